The zero-order valence-electron chi connectivity index (χ0n) is 8.39. The molecule has 0 saturated heterocycles. The Bertz CT molecular complexity index is 406. The summed E-state index contributed by atoms with van der Waals surface area (Å²) >= 11 is 0. The summed E-state index contributed by atoms with van der Waals surface area (Å²) in [6.07, 6.45) is 1.35. The number of rotatable bonds is 4. The zero-order valence-corrected chi connectivity index (χ0v) is 8.39. The maximum absolute atomic E-state index is 8.70. The highest BCUT2D eigenvalue weighted by molar-refractivity contribution is 5.72. The van der Waals surface area contributed by atoms with Crippen molar-refractivity contribution in [3.05, 3.63) is 30.2 Å². The van der Waals surface area contributed by atoms with Crippen molar-refractivity contribution in [2.75, 3.05) is 6.61 Å². The third-order valence-electron chi connectivity index (χ3n) is 2.30. The summed E-state index contributed by atoms with van der Waals surface area (Å²) < 4.78 is 5.51. The largest absolute Gasteiger partial charge is 0.439 e. The van der Waals surface area contributed by atoms with Crippen molar-refractivity contribution in [1.29, 1.82) is 0 Å². The van der Waals surface area contributed by atoms with Crippen LogP contribution in [0.5, 0.6) is 0 Å². The normalized spacial score (nSPS) is 13.2. The SMILES string of the molecule is NC(CCCO)c1nc2ccccc2o1. The summed E-state index contributed by atoms with van der Waals surface area (Å²) in [7, 11) is 0. The van der Waals surface area contributed by atoms with Gasteiger partial charge in [-0.05, 0) is 25.0 Å². The van der Waals surface area contributed by atoms with Gasteiger partial charge in [0.05, 0.1) is 6.04 Å². The van der Waals surface area contributed by atoms with Crippen LogP contribution in [0.1, 0.15) is 24.8 Å². The summed E-state index contributed by atoms with van der Waals surface area (Å²) in [5.74, 6) is 0.546. The molecule has 0 amide bonds. The predicted molar refractivity (Wildman–Crippen MR) is 57.3 cm³/mol. The molecule has 2 aromatic rings. The lowest BCUT2D eigenvalue weighted by molar-refractivity contribution is 0.276. The lowest BCUT2D eigenvalue weighted by Crippen LogP contribution is -2.10. The first-order valence-corrected chi connectivity index (χ1v) is 5.03. The number of hydrogen-bond donors (Lipinski definition) is 2. The maximum atomic E-state index is 8.70. The van der Waals surface area contributed by atoms with Gasteiger partial charge in [0, 0.05) is 6.61 Å². The molecule has 0 bridgehead atoms. The van der Waals surface area contributed by atoms with E-state index in [1.54, 1.807) is 0 Å². The molecule has 0 fully saturated rings. The number of benzene rings is 1. The quantitative estimate of drug-likeness (QED) is 0.797. The second kappa shape index (κ2) is 4.42. The van der Waals surface area contributed by atoms with Crippen LogP contribution in [0, 0.1) is 0 Å². The third-order valence-corrected chi connectivity index (χ3v) is 2.30. The van der Waals surface area contributed by atoms with Gasteiger partial charge in [0.15, 0.2) is 5.58 Å². The van der Waals surface area contributed by atoms with Crippen LogP contribution in [0.4, 0.5) is 0 Å². The van der Waals surface area contributed by atoms with E-state index >= 15 is 0 Å². The first-order chi connectivity index (χ1) is 7.31. The van der Waals surface area contributed by atoms with Crippen molar-refractivity contribution < 1.29 is 9.52 Å². The van der Waals surface area contributed by atoms with E-state index in [4.69, 9.17) is 15.3 Å². The predicted octanol–water partition coefficient (Wildman–Crippen LogP) is 1.60. The molecular weight excluding hydrogens is 192 g/mol. The standard InChI is InChI=1S/C11H14N2O2/c12-8(4-3-7-14)11-13-9-5-1-2-6-10(9)15-11/h1-2,5-6,8,14H,3-4,7,12H2. The minimum atomic E-state index is -0.232. The molecule has 80 valence electrons. The number of hydrogen-bond acceptors (Lipinski definition) is 4. The van der Waals surface area contributed by atoms with E-state index in [9.17, 15) is 0 Å². The Balaban J connectivity index is 2.20. The topological polar surface area (TPSA) is 72.3 Å². The minimum absolute atomic E-state index is 0.147. The summed E-state index contributed by atoms with van der Waals surface area (Å²) in [6.45, 7) is 0.147. The molecular formula is C11H14N2O2. The molecule has 3 N–H and O–H groups in total. The van der Waals surface area contributed by atoms with E-state index < -0.39 is 0 Å². The Kier molecular flexibility index (Phi) is 2.99. The highest BCUT2D eigenvalue weighted by Crippen LogP contribution is 2.20. The highest BCUT2D eigenvalue weighted by Gasteiger charge is 2.12. The molecule has 15 heavy (non-hydrogen) atoms. The summed E-state index contributed by atoms with van der Waals surface area (Å²) in [5, 5.41) is 8.70. The van der Waals surface area contributed by atoms with E-state index in [2.05, 4.69) is 4.98 Å². The van der Waals surface area contributed by atoms with Crippen LogP contribution in [-0.2, 0) is 0 Å². The van der Waals surface area contributed by atoms with E-state index in [1.165, 1.54) is 0 Å². The molecule has 0 spiro atoms. The van der Waals surface area contributed by atoms with Crippen molar-refractivity contribution in [3.63, 3.8) is 0 Å². The Morgan fingerprint density at radius 3 is 2.93 bits per heavy atom. The lowest BCUT2D eigenvalue weighted by atomic mass is 10.2. The van der Waals surface area contributed by atoms with Gasteiger partial charge in [-0.25, -0.2) is 4.98 Å². The van der Waals surface area contributed by atoms with Gasteiger partial charge >= 0.3 is 0 Å². The second-order valence-corrected chi connectivity index (χ2v) is 3.49. The first-order valence-electron chi connectivity index (χ1n) is 5.03. The van der Waals surface area contributed by atoms with Crippen molar-refractivity contribution >= 4 is 11.1 Å². The zero-order chi connectivity index (χ0) is 10.7. The van der Waals surface area contributed by atoms with Crippen molar-refractivity contribution in [3.8, 4) is 0 Å². The van der Waals surface area contributed by atoms with Crippen LogP contribution in [0.2, 0.25) is 0 Å². The van der Waals surface area contributed by atoms with Gasteiger partial charge in [-0.2, -0.15) is 0 Å². The molecule has 0 radical (unpaired) electrons. The van der Waals surface area contributed by atoms with Crippen molar-refractivity contribution in [2.45, 2.75) is 18.9 Å². The Hall–Kier alpha value is -1.39. The number of aliphatic hydroxyl groups excluding tert-OH is 1. The fraction of sp³-hybridized carbons (Fsp3) is 0.364. The number of oxazole rings is 1. The summed E-state index contributed by atoms with van der Waals surface area (Å²) in [6, 6.07) is 7.33. The van der Waals surface area contributed by atoms with Crippen LogP contribution in [-0.4, -0.2) is 16.7 Å². The monoisotopic (exact) mass is 206 g/mol. The average Bonchev–Trinajstić information content (AvgIpc) is 2.69. The maximum Gasteiger partial charge on any atom is 0.212 e. The van der Waals surface area contributed by atoms with Gasteiger partial charge < -0.3 is 15.3 Å². The van der Waals surface area contributed by atoms with Crippen LogP contribution < -0.4 is 5.73 Å². The minimum Gasteiger partial charge on any atom is -0.439 e. The van der Waals surface area contributed by atoms with Crippen LogP contribution >= 0.6 is 0 Å². The molecule has 0 saturated carbocycles. The van der Waals surface area contributed by atoms with Gasteiger partial charge in [-0.1, -0.05) is 12.1 Å². The molecule has 0 aliphatic heterocycles. The molecule has 1 atom stereocenters. The third kappa shape index (κ3) is 2.16. The molecule has 1 heterocycles. The molecule has 1 unspecified atom stereocenters. The second-order valence-electron chi connectivity index (χ2n) is 3.49. The molecule has 4 nitrogen and oxygen atoms in total. The number of aromatic nitrogens is 1. The number of fused-ring (bicyclic) bond motifs is 1. The summed E-state index contributed by atoms with van der Waals surface area (Å²) in [5.41, 5.74) is 7.46. The van der Waals surface area contributed by atoms with E-state index in [1.807, 2.05) is 24.3 Å². The number of nitrogens with zero attached hydrogens (tertiary/aromatic N) is 1. The Morgan fingerprint density at radius 2 is 2.20 bits per heavy atom. The number of aliphatic hydroxyl groups is 1. The number of nitrogens with two attached hydrogens (primary N) is 1. The van der Waals surface area contributed by atoms with Crippen LogP contribution in [0.3, 0.4) is 0 Å². The van der Waals surface area contributed by atoms with Gasteiger partial charge in [0.25, 0.3) is 0 Å². The average molecular weight is 206 g/mol. The van der Waals surface area contributed by atoms with E-state index in [-0.39, 0.29) is 12.6 Å². The Morgan fingerprint density at radius 1 is 1.40 bits per heavy atom. The van der Waals surface area contributed by atoms with Gasteiger partial charge in [-0.3, -0.25) is 0 Å². The summed E-state index contributed by atoms with van der Waals surface area (Å²) in [4.78, 5) is 4.29. The van der Waals surface area contributed by atoms with Crippen LogP contribution in [0.25, 0.3) is 11.1 Å². The molecule has 1 aromatic carbocycles. The first kappa shape index (κ1) is 10.1. The molecule has 0 aliphatic carbocycles. The molecule has 1 aromatic heterocycles. The highest BCUT2D eigenvalue weighted by atomic mass is 16.3. The lowest BCUT2D eigenvalue weighted by Gasteiger charge is -2.04. The van der Waals surface area contributed by atoms with E-state index in [0.717, 1.165) is 11.1 Å². The molecule has 2 rings (SSSR count). The van der Waals surface area contributed by atoms with E-state index in [0.29, 0.717) is 18.7 Å². The fourth-order valence-corrected chi connectivity index (χ4v) is 1.48. The Labute approximate surface area is 87.7 Å². The van der Waals surface area contributed by atoms with Gasteiger partial charge in [0.2, 0.25) is 5.89 Å². The van der Waals surface area contributed by atoms with Crippen molar-refractivity contribution in [2.24, 2.45) is 5.73 Å². The van der Waals surface area contributed by atoms with Crippen LogP contribution in [0.15, 0.2) is 28.7 Å². The molecule has 0 aliphatic rings. The smallest absolute Gasteiger partial charge is 0.212 e. The van der Waals surface area contributed by atoms with Crippen molar-refractivity contribution in [1.82, 2.24) is 4.98 Å². The molecule has 4 heteroatoms. The number of para-hydroxylation sites is 2. The fourth-order valence-electron chi connectivity index (χ4n) is 1.48. The van der Waals surface area contributed by atoms with Gasteiger partial charge in [0.1, 0.15) is 5.52 Å². The van der Waals surface area contributed by atoms with Gasteiger partial charge in [-0.15, -0.1) is 0 Å².